The minimum absolute atomic E-state index is 0.00123. The first-order chi connectivity index (χ1) is 14.3. The van der Waals surface area contributed by atoms with Crippen molar-refractivity contribution in [1.82, 2.24) is 14.9 Å². The molecule has 30 heavy (non-hydrogen) atoms. The fourth-order valence-corrected chi connectivity index (χ4v) is 4.07. The van der Waals surface area contributed by atoms with E-state index in [0.717, 1.165) is 11.3 Å². The van der Waals surface area contributed by atoms with E-state index in [1.165, 1.54) is 17.8 Å². The fraction of sp³-hybridized carbons (Fsp3) is 0.318. The molecule has 2 aromatic carbocycles. The molecule has 0 spiro atoms. The van der Waals surface area contributed by atoms with E-state index in [-0.39, 0.29) is 23.7 Å². The van der Waals surface area contributed by atoms with Crippen molar-refractivity contribution in [3.8, 4) is 5.75 Å². The minimum atomic E-state index is -0.447. The maximum absolute atomic E-state index is 13.9. The molecule has 6 nitrogen and oxygen atoms in total. The third-order valence-corrected chi connectivity index (χ3v) is 5.78. The van der Waals surface area contributed by atoms with Gasteiger partial charge in [-0.15, -0.1) is 10.2 Å². The quantitative estimate of drug-likeness (QED) is 0.626. The summed E-state index contributed by atoms with van der Waals surface area (Å²) in [5.41, 5.74) is 1.77. The van der Waals surface area contributed by atoms with Crippen LogP contribution in [0.3, 0.4) is 0 Å². The number of aromatic nitrogens is 3. The van der Waals surface area contributed by atoms with Crippen molar-refractivity contribution in [2.24, 2.45) is 0 Å². The number of benzene rings is 2. The van der Waals surface area contributed by atoms with Gasteiger partial charge in [-0.2, -0.15) is 0 Å². The highest BCUT2D eigenvalue weighted by molar-refractivity contribution is 7.99. The van der Waals surface area contributed by atoms with Crippen molar-refractivity contribution in [2.45, 2.75) is 37.9 Å². The summed E-state index contributed by atoms with van der Waals surface area (Å²) >= 11 is 1.52. The minimum Gasteiger partial charge on any atom is -0.482 e. The van der Waals surface area contributed by atoms with Crippen LogP contribution in [0.1, 0.15) is 42.5 Å². The molecular weight excluding hydrogens is 403 g/mol. The SMILES string of the molecule is CC(C)(C)c1ccc(C(=O)N2CCSc3nnc(COc4ccccc4F)n32)cc1. The maximum atomic E-state index is 13.9. The lowest BCUT2D eigenvalue weighted by Gasteiger charge is -2.29. The third-order valence-electron chi connectivity index (χ3n) is 4.88. The van der Waals surface area contributed by atoms with Crippen LogP contribution in [0.4, 0.5) is 4.39 Å². The van der Waals surface area contributed by atoms with Gasteiger partial charge in [-0.1, -0.05) is 56.8 Å². The van der Waals surface area contributed by atoms with Crippen LogP contribution in [0.2, 0.25) is 0 Å². The van der Waals surface area contributed by atoms with Crippen molar-refractivity contribution < 1.29 is 13.9 Å². The normalized spacial score (nSPS) is 13.8. The predicted octanol–water partition coefficient (Wildman–Crippen LogP) is 4.18. The molecule has 0 saturated heterocycles. The molecule has 1 aliphatic rings. The zero-order valence-corrected chi connectivity index (χ0v) is 17.9. The van der Waals surface area contributed by atoms with Gasteiger partial charge in [-0.05, 0) is 35.2 Å². The van der Waals surface area contributed by atoms with Gasteiger partial charge in [0.25, 0.3) is 5.91 Å². The van der Waals surface area contributed by atoms with Gasteiger partial charge in [0, 0.05) is 11.3 Å². The molecule has 0 aliphatic carbocycles. The van der Waals surface area contributed by atoms with Crippen LogP contribution in [0.5, 0.6) is 5.75 Å². The van der Waals surface area contributed by atoms with E-state index in [9.17, 15) is 9.18 Å². The zero-order valence-electron chi connectivity index (χ0n) is 17.1. The van der Waals surface area contributed by atoms with Gasteiger partial charge in [0.1, 0.15) is 6.61 Å². The van der Waals surface area contributed by atoms with E-state index < -0.39 is 5.82 Å². The molecule has 2 heterocycles. The van der Waals surface area contributed by atoms with Crippen molar-refractivity contribution in [2.75, 3.05) is 17.3 Å². The van der Waals surface area contributed by atoms with E-state index in [4.69, 9.17) is 4.74 Å². The van der Waals surface area contributed by atoms with Crippen LogP contribution >= 0.6 is 11.8 Å². The Balaban J connectivity index is 1.58. The van der Waals surface area contributed by atoms with Gasteiger partial charge < -0.3 is 4.74 Å². The van der Waals surface area contributed by atoms with Gasteiger partial charge in [-0.25, -0.2) is 14.1 Å². The first-order valence-corrected chi connectivity index (χ1v) is 10.7. The first kappa shape index (κ1) is 20.4. The molecule has 1 amide bonds. The summed E-state index contributed by atoms with van der Waals surface area (Å²) in [4.78, 5) is 13.2. The van der Waals surface area contributed by atoms with Crippen LogP contribution in [-0.4, -0.2) is 33.1 Å². The molecule has 0 unspecified atom stereocenters. The number of ether oxygens (including phenoxy) is 1. The average molecular weight is 427 g/mol. The molecular formula is C22H23FN4O2S. The summed E-state index contributed by atoms with van der Waals surface area (Å²) in [5, 5.41) is 10.6. The Morgan fingerprint density at radius 3 is 2.57 bits per heavy atom. The van der Waals surface area contributed by atoms with Crippen LogP contribution in [0, 0.1) is 5.82 Å². The molecule has 1 aromatic heterocycles. The molecule has 3 aromatic rings. The second kappa shape index (κ2) is 8.10. The van der Waals surface area contributed by atoms with Crippen molar-refractivity contribution in [3.63, 3.8) is 0 Å². The van der Waals surface area contributed by atoms with Crippen molar-refractivity contribution in [3.05, 3.63) is 71.3 Å². The van der Waals surface area contributed by atoms with Gasteiger partial charge in [0.05, 0.1) is 6.54 Å². The maximum Gasteiger partial charge on any atom is 0.272 e. The molecule has 0 N–H and O–H groups in total. The van der Waals surface area contributed by atoms with Crippen LogP contribution < -0.4 is 9.75 Å². The highest BCUT2D eigenvalue weighted by Crippen LogP contribution is 2.26. The Morgan fingerprint density at radius 1 is 1.13 bits per heavy atom. The average Bonchev–Trinajstić information content (AvgIpc) is 3.15. The van der Waals surface area contributed by atoms with Crippen LogP contribution in [0.25, 0.3) is 0 Å². The third kappa shape index (κ3) is 4.05. The van der Waals surface area contributed by atoms with E-state index in [1.807, 2.05) is 24.3 Å². The number of carbonyl (C=O) groups is 1. The summed E-state index contributed by atoms with van der Waals surface area (Å²) in [6, 6.07) is 13.9. The highest BCUT2D eigenvalue weighted by atomic mass is 32.2. The van der Waals surface area contributed by atoms with Gasteiger partial charge in [-0.3, -0.25) is 4.79 Å². The smallest absolute Gasteiger partial charge is 0.272 e. The number of para-hydroxylation sites is 1. The summed E-state index contributed by atoms with van der Waals surface area (Å²) in [6.45, 7) is 6.93. The highest BCUT2D eigenvalue weighted by Gasteiger charge is 2.28. The second-order valence-corrected chi connectivity index (χ2v) is 9.10. The summed E-state index contributed by atoms with van der Waals surface area (Å²) in [5.74, 6) is 0.716. The predicted molar refractivity (Wildman–Crippen MR) is 114 cm³/mol. The van der Waals surface area contributed by atoms with Crippen LogP contribution in [0.15, 0.2) is 53.7 Å². The second-order valence-electron chi connectivity index (χ2n) is 8.03. The first-order valence-electron chi connectivity index (χ1n) is 9.72. The van der Waals surface area contributed by atoms with E-state index in [2.05, 4.69) is 31.0 Å². The standard InChI is InChI=1S/C22H23FN4O2S/c1-22(2,3)16-10-8-15(9-11-16)20(28)26-12-13-30-21-25-24-19(27(21)26)14-29-18-7-5-4-6-17(18)23/h4-11H,12-14H2,1-3H3. The van der Waals surface area contributed by atoms with E-state index in [0.29, 0.717) is 23.1 Å². The number of fused-ring (bicyclic) bond motifs is 1. The molecule has 8 heteroatoms. The van der Waals surface area contributed by atoms with Crippen LogP contribution in [-0.2, 0) is 12.0 Å². The van der Waals surface area contributed by atoms with E-state index >= 15 is 0 Å². The number of halogens is 1. The number of rotatable bonds is 4. The largest absolute Gasteiger partial charge is 0.482 e. The number of hydrogen-bond acceptors (Lipinski definition) is 5. The lowest BCUT2D eigenvalue weighted by molar-refractivity contribution is 0.0952. The number of carbonyl (C=O) groups excluding carboxylic acids is 1. The number of amides is 1. The number of thioether (sulfide) groups is 1. The summed E-state index contributed by atoms with van der Waals surface area (Å²) in [7, 11) is 0. The molecule has 0 bridgehead atoms. The molecule has 156 valence electrons. The number of nitrogens with zero attached hydrogens (tertiary/aromatic N) is 4. The Hall–Kier alpha value is -2.87. The molecule has 4 rings (SSSR count). The lowest BCUT2D eigenvalue weighted by Crippen LogP contribution is -2.45. The topological polar surface area (TPSA) is 60.3 Å². The fourth-order valence-electron chi connectivity index (χ4n) is 3.20. The summed E-state index contributed by atoms with van der Waals surface area (Å²) < 4.78 is 21.1. The van der Waals surface area contributed by atoms with Gasteiger partial charge in [0.15, 0.2) is 17.4 Å². The Labute approximate surface area is 179 Å². The molecule has 0 atom stereocenters. The molecule has 1 aliphatic heterocycles. The molecule has 0 fully saturated rings. The zero-order chi connectivity index (χ0) is 21.3. The Kier molecular flexibility index (Phi) is 5.51. The monoisotopic (exact) mass is 426 g/mol. The lowest BCUT2D eigenvalue weighted by atomic mass is 9.86. The van der Waals surface area contributed by atoms with Crippen molar-refractivity contribution in [1.29, 1.82) is 0 Å². The Morgan fingerprint density at radius 2 is 1.87 bits per heavy atom. The van der Waals surface area contributed by atoms with Gasteiger partial charge in [0.2, 0.25) is 5.16 Å². The molecule has 0 saturated carbocycles. The van der Waals surface area contributed by atoms with Crippen molar-refractivity contribution >= 4 is 17.7 Å². The molecule has 0 radical (unpaired) electrons. The summed E-state index contributed by atoms with van der Waals surface area (Å²) in [6.07, 6.45) is 0. The van der Waals surface area contributed by atoms with E-state index in [1.54, 1.807) is 27.9 Å². The number of hydrogen-bond donors (Lipinski definition) is 0. The van der Waals surface area contributed by atoms with Gasteiger partial charge >= 0.3 is 0 Å². The Bertz CT molecular complexity index is 1060.